The second kappa shape index (κ2) is 8.81. The Morgan fingerprint density at radius 3 is 2.68 bits per heavy atom. The van der Waals surface area contributed by atoms with E-state index in [1.807, 2.05) is 62.4 Å². The van der Waals surface area contributed by atoms with Gasteiger partial charge in [0, 0.05) is 5.56 Å². The summed E-state index contributed by atoms with van der Waals surface area (Å²) >= 11 is 3.50. The van der Waals surface area contributed by atoms with Gasteiger partial charge in [-0.2, -0.15) is 0 Å². The Morgan fingerprint density at radius 1 is 1.13 bits per heavy atom. The molecule has 0 fully saturated rings. The van der Waals surface area contributed by atoms with Gasteiger partial charge < -0.3 is 19.8 Å². The molecule has 0 spiro atoms. The summed E-state index contributed by atoms with van der Waals surface area (Å²) in [5.41, 5.74) is 5.30. The number of benzene rings is 3. The van der Waals surface area contributed by atoms with Gasteiger partial charge in [-0.25, -0.2) is 4.98 Å². The van der Waals surface area contributed by atoms with E-state index in [0.29, 0.717) is 17.2 Å². The standard InChI is InChI=1S/C24H22BrN3O3/c1-14-10-15(2)23(17(25)11-14)31-13-22(29)26-20-12-16(8-9-21(20)30-3)24-27-18-6-4-5-7-19(18)28-24/h4-12H,13H2,1-3H3,(H,26,29)(H,27,28). The molecule has 0 aliphatic carbocycles. The molecule has 7 heteroatoms. The lowest BCUT2D eigenvalue weighted by Crippen LogP contribution is -2.21. The van der Waals surface area contributed by atoms with E-state index in [1.54, 1.807) is 13.2 Å². The Kier molecular flexibility index (Phi) is 5.95. The number of carbonyl (C=O) groups is 1. The average molecular weight is 480 g/mol. The predicted octanol–water partition coefficient (Wildman–Crippen LogP) is 5.64. The smallest absolute Gasteiger partial charge is 0.262 e. The normalized spacial score (nSPS) is 10.8. The highest BCUT2D eigenvalue weighted by molar-refractivity contribution is 9.10. The number of nitrogens with one attached hydrogen (secondary N) is 2. The maximum absolute atomic E-state index is 12.6. The molecule has 4 aromatic rings. The molecule has 31 heavy (non-hydrogen) atoms. The van der Waals surface area contributed by atoms with E-state index in [4.69, 9.17) is 9.47 Å². The van der Waals surface area contributed by atoms with Crippen LogP contribution in [0.4, 0.5) is 5.69 Å². The number of imidazole rings is 1. The van der Waals surface area contributed by atoms with Crippen LogP contribution >= 0.6 is 15.9 Å². The summed E-state index contributed by atoms with van der Waals surface area (Å²) in [6.07, 6.45) is 0. The molecule has 6 nitrogen and oxygen atoms in total. The van der Waals surface area contributed by atoms with Gasteiger partial charge in [0.2, 0.25) is 0 Å². The number of aromatic amines is 1. The second-order valence-corrected chi connectivity index (χ2v) is 8.10. The first-order valence-corrected chi connectivity index (χ1v) is 10.6. The second-order valence-electron chi connectivity index (χ2n) is 7.25. The topological polar surface area (TPSA) is 76.2 Å². The molecule has 2 N–H and O–H groups in total. The largest absolute Gasteiger partial charge is 0.495 e. The minimum Gasteiger partial charge on any atom is -0.495 e. The number of nitrogens with zero attached hydrogens (tertiary/aromatic N) is 1. The van der Waals surface area contributed by atoms with Gasteiger partial charge in [0.15, 0.2) is 6.61 Å². The van der Waals surface area contributed by atoms with Crippen molar-refractivity contribution in [3.63, 3.8) is 0 Å². The molecular formula is C24H22BrN3O3. The Morgan fingerprint density at radius 2 is 1.94 bits per heavy atom. The van der Waals surface area contributed by atoms with Gasteiger partial charge in [0.1, 0.15) is 17.3 Å². The number of rotatable bonds is 6. The lowest BCUT2D eigenvalue weighted by molar-refractivity contribution is -0.118. The van der Waals surface area contributed by atoms with Crippen molar-refractivity contribution >= 4 is 38.6 Å². The number of anilines is 1. The van der Waals surface area contributed by atoms with Crippen molar-refractivity contribution in [1.82, 2.24) is 9.97 Å². The fourth-order valence-electron chi connectivity index (χ4n) is 3.45. The highest BCUT2D eigenvalue weighted by atomic mass is 79.9. The van der Waals surface area contributed by atoms with Gasteiger partial charge in [-0.1, -0.05) is 18.2 Å². The Labute approximate surface area is 188 Å². The molecule has 0 bridgehead atoms. The Bertz CT molecular complexity index is 1210. The quantitative estimate of drug-likeness (QED) is 0.375. The van der Waals surface area contributed by atoms with E-state index in [9.17, 15) is 4.79 Å². The summed E-state index contributed by atoms with van der Waals surface area (Å²) in [7, 11) is 1.56. The minimum absolute atomic E-state index is 0.124. The van der Waals surface area contributed by atoms with E-state index in [0.717, 1.165) is 38.0 Å². The van der Waals surface area contributed by atoms with Crippen molar-refractivity contribution in [2.24, 2.45) is 0 Å². The van der Waals surface area contributed by atoms with Gasteiger partial charge >= 0.3 is 0 Å². The number of ether oxygens (including phenoxy) is 2. The van der Waals surface area contributed by atoms with Crippen LogP contribution in [-0.4, -0.2) is 29.6 Å². The van der Waals surface area contributed by atoms with E-state index in [-0.39, 0.29) is 12.5 Å². The van der Waals surface area contributed by atoms with E-state index >= 15 is 0 Å². The lowest BCUT2D eigenvalue weighted by Gasteiger charge is -2.14. The highest BCUT2D eigenvalue weighted by Crippen LogP contribution is 2.32. The molecule has 0 unspecified atom stereocenters. The Hall–Kier alpha value is -3.32. The number of carbonyl (C=O) groups excluding carboxylic acids is 1. The molecular weight excluding hydrogens is 458 g/mol. The lowest BCUT2D eigenvalue weighted by atomic mass is 10.1. The first-order valence-electron chi connectivity index (χ1n) is 9.77. The Balaban J connectivity index is 1.53. The average Bonchev–Trinajstić information content (AvgIpc) is 3.17. The number of fused-ring (bicyclic) bond motifs is 1. The molecule has 4 rings (SSSR count). The van der Waals surface area contributed by atoms with Crippen LogP contribution in [0.5, 0.6) is 11.5 Å². The zero-order chi connectivity index (χ0) is 22.0. The number of hydrogen-bond donors (Lipinski definition) is 2. The third kappa shape index (κ3) is 4.56. The summed E-state index contributed by atoms with van der Waals surface area (Å²) < 4.78 is 12.0. The third-order valence-electron chi connectivity index (χ3n) is 4.86. The molecule has 0 saturated carbocycles. The van der Waals surface area contributed by atoms with Gasteiger partial charge in [-0.15, -0.1) is 0 Å². The number of methoxy groups -OCH3 is 1. The van der Waals surface area contributed by atoms with Gasteiger partial charge in [0.05, 0.1) is 28.3 Å². The number of aromatic nitrogens is 2. The van der Waals surface area contributed by atoms with Crippen LogP contribution in [0.3, 0.4) is 0 Å². The van der Waals surface area contributed by atoms with Crippen molar-refractivity contribution in [2.45, 2.75) is 13.8 Å². The first kappa shape index (κ1) is 20.9. The SMILES string of the molecule is COc1ccc(-c2nc3ccccc3[nH]2)cc1NC(=O)COc1c(C)cc(C)cc1Br. The maximum Gasteiger partial charge on any atom is 0.262 e. The number of hydrogen-bond acceptors (Lipinski definition) is 4. The number of aryl methyl sites for hydroxylation is 2. The summed E-state index contributed by atoms with van der Waals surface area (Å²) in [5.74, 6) is 1.64. The molecule has 3 aromatic carbocycles. The van der Waals surface area contributed by atoms with Crippen LogP contribution in [0.15, 0.2) is 59.1 Å². The maximum atomic E-state index is 12.6. The predicted molar refractivity (Wildman–Crippen MR) is 126 cm³/mol. The van der Waals surface area contributed by atoms with Gasteiger partial charge in [0.25, 0.3) is 5.91 Å². The van der Waals surface area contributed by atoms with Gasteiger partial charge in [-0.05, 0) is 77.3 Å². The van der Waals surface area contributed by atoms with Crippen molar-refractivity contribution in [3.05, 3.63) is 70.2 Å². The van der Waals surface area contributed by atoms with Crippen molar-refractivity contribution in [1.29, 1.82) is 0 Å². The highest BCUT2D eigenvalue weighted by Gasteiger charge is 2.14. The summed E-state index contributed by atoms with van der Waals surface area (Å²) in [6.45, 7) is 3.83. The molecule has 1 amide bonds. The van der Waals surface area contributed by atoms with Crippen LogP contribution in [0, 0.1) is 13.8 Å². The molecule has 0 aliphatic rings. The van der Waals surface area contributed by atoms with E-state index in [1.165, 1.54) is 0 Å². The van der Waals surface area contributed by atoms with Crippen LogP contribution in [0.1, 0.15) is 11.1 Å². The van der Waals surface area contributed by atoms with Crippen LogP contribution in [0.2, 0.25) is 0 Å². The molecule has 1 aromatic heterocycles. The van der Waals surface area contributed by atoms with Crippen molar-refractivity contribution < 1.29 is 14.3 Å². The molecule has 1 heterocycles. The van der Waals surface area contributed by atoms with E-state index in [2.05, 4.69) is 31.2 Å². The zero-order valence-corrected chi connectivity index (χ0v) is 19.0. The van der Waals surface area contributed by atoms with E-state index < -0.39 is 0 Å². The van der Waals surface area contributed by atoms with Crippen molar-refractivity contribution in [2.75, 3.05) is 19.0 Å². The minimum atomic E-state index is -0.285. The monoisotopic (exact) mass is 479 g/mol. The van der Waals surface area contributed by atoms with Crippen LogP contribution in [-0.2, 0) is 4.79 Å². The molecule has 0 saturated heterocycles. The summed E-state index contributed by atoms with van der Waals surface area (Å²) in [5, 5.41) is 2.88. The van der Waals surface area contributed by atoms with Crippen molar-refractivity contribution in [3.8, 4) is 22.9 Å². The molecule has 158 valence electrons. The fourth-order valence-corrected chi connectivity index (χ4v) is 4.24. The number of para-hydroxylation sites is 2. The summed E-state index contributed by atoms with van der Waals surface area (Å²) in [6, 6.07) is 17.3. The molecule has 0 atom stereocenters. The number of halogens is 1. The molecule has 0 radical (unpaired) electrons. The van der Waals surface area contributed by atoms with Crippen LogP contribution in [0.25, 0.3) is 22.4 Å². The van der Waals surface area contributed by atoms with Crippen LogP contribution < -0.4 is 14.8 Å². The zero-order valence-electron chi connectivity index (χ0n) is 17.5. The fraction of sp³-hybridized carbons (Fsp3) is 0.167. The van der Waals surface area contributed by atoms with Gasteiger partial charge in [-0.3, -0.25) is 4.79 Å². The molecule has 0 aliphatic heterocycles. The third-order valence-corrected chi connectivity index (χ3v) is 5.45. The number of amides is 1. The number of H-pyrrole nitrogens is 1. The first-order chi connectivity index (χ1) is 14.9. The summed E-state index contributed by atoms with van der Waals surface area (Å²) in [4.78, 5) is 20.5.